The highest BCUT2D eigenvalue weighted by Crippen LogP contribution is 2.57. The van der Waals surface area contributed by atoms with Crippen molar-refractivity contribution in [2.45, 2.75) is 63.2 Å². The van der Waals surface area contributed by atoms with Crippen LogP contribution in [-0.2, 0) is 4.79 Å². The van der Waals surface area contributed by atoms with E-state index in [1.165, 1.54) is 0 Å². The fourth-order valence-electron chi connectivity index (χ4n) is 5.63. The number of anilines is 1. The highest BCUT2D eigenvalue weighted by molar-refractivity contribution is 6.42. The van der Waals surface area contributed by atoms with Crippen LogP contribution in [0.1, 0.15) is 85.2 Å². The second-order valence-corrected chi connectivity index (χ2v) is 12.8. The number of ether oxygens (including phenoxy) is 1. The summed E-state index contributed by atoms with van der Waals surface area (Å²) in [6.07, 6.45) is 1.32. The number of aliphatic hydroxyl groups excluding tert-OH is 1. The Labute approximate surface area is 269 Å². The van der Waals surface area contributed by atoms with Crippen molar-refractivity contribution < 1.29 is 24.3 Å². The lowest BCUT2D eigenvalue weighted by molar-refractivity contribution is -0.129. The quantitative estimate of drug-likeness (QED) is 0.0940. The molecule has 0 bridgehead atoms. The molecule has 0 aliphatic heterocycles. The molecule has 3 unspecified atom stereocenters. The smallest absolute Gasteiger partial charge is 0.354 e. The first-order valence-corrected chi connectivity index (χ1v) is 15.5. The van der Waals surface area contributed by atoms with E-state index in [0.29, 0.717) is 54.6 Å². The minimum absolute atomic E-state index is 0.0638. The number of hydrogen-bond donors (Lipinski definition) is 4. The molecule has 0 spiro atoms. The number of halogens is 3. The Bertz CT molecular complexity index is 1750. The topological polar surface area (TPSA) is 129 Å². The molecule has 0 saturated heterocycles. The molecule has 44 heavy (non-hydrogen) atoms. The number of aliphatic carboxylic acids is 1. The zero-order chi connectivity index (χ0) is 31.3. The van der Waals surface area contributed by atoms with Crippen LogP contribution in [0.25, 0.3) is 11.3 Å². The highest BCUT2D eigenvalue weighted by atomic mass is 35.5. The summed E-state index contributed by atoms with van der Waals surface area (Å²) in [6, 6.07) is 16.1. The van der Waals surface area contributed by atoms with E-state index in [2.05, 4.69) is 10.5 Å². The van der Waals surface area contributed by atoms with E-state index in [0.717, 1.165) is 30.4 Å². The van der Waals surface area contributed by atoms with Gasteiger partial charge in [0.2, 0.25) is 6.29 Å². The summed E-state index contributed by atoms with van der Waals surface area (Å²) in [6.45, 7) is 3.92. The van der Waals surface area contributed by atoms with Crippen LogP contribution in [-0.4, -0.2) is 33.1 Å². The van der Waals surface area contributed by atoms with Gasteiger partial charge in [0.05, 0.1) is 15.6 Å². The number of aliphatic hydroxyl groups is 1. The van der Waals surface area contributed by atoms with Crippen molar-refractivity contribution in [3.8, 4) is 17.0 Å². The van der Waals surface area contributed by atoms with Crippen LogP contribution in [0.15, 0.2) is 59.1 Å². The van der Waals surface area contributed by atoms with Crippen LogP contribution in [0.2, 0.25) is 15.1 Å². The number of aromatic nitrogens is 1. The monoisotopic (exact) mass is 653 g/mol. The first kappa shape index (κ1) is 30.5. The second-order valence-electron chi connectivity index (χ2n) is 11.6. The second kappa shape index (κ2) is 12.1. The summed E-state index contributed by atoms with van der Waals surface area (Å²) in [5.74, 6) is 0.150. The molecule has 228 valence electrons. The standard InChI is InChI=1S/C33H30Cl3N3O5/c1-15(2)38-26-12-17(8-10-20(26)29(37)32(40)41)21-14-22(21)19-11-9-18(13-25(19)36)43-33(42)28-30(39-44-31(28)16-6-7-16)27-23(34)4-3-5-24(27)35/h3-5,8-13,15-16,21-22,33,37-38,42H,6-7,14H2,1-2H3,(H,40,41). The number of carboxylic acids is 1. The van der Waals surface area contributed by atoms with Gasteiger partial charge in [0.1, 0.15) is 22.9 Å². The predicted octanol–water partition coefficient (Wildman–Crippen LogP) is 8.79. The van der Waals surface area contributed by atoms with Gasteiger partial charge >= 0.3 is 5.97 Å². The van der Waals surface area contributed by atoms with Crippen molar-refractivity contribution in [2.24, 2.45) is 0 Å². The third-order valence-electron chi connectivity index (χ3n) is 7.96. The summed E-state index contributed by atoms with van der Waals surface area (Å²) in [4.78, 5) is 11.5. The van der Waals surface area contributed by atoms with E-state index in [-0.39, 0.29) is 23.8 Å². The maximum Gasteiger partial charge on any atom is 0.354 e. The van der Waals surface area contributed by atoms with Gasteiger partial charge in [0.25, 0.3) is 0 Å². The molecule has 1 aromatic heterocycles. The van der Waals surface area contributed by atoms with Gasteiger partial charge < -0.3 is 24.8 Å². The molecule has 2 aliphatic rings. The molecule has 6 rings (SSSR count). The fraction of sp³-hybridized carbons (Fsp3) is 0.303. The van der Waals surface area contributed by atoms with E-state index in [1.54, 1.807) is 36.4 Å². The van der Waals surface area contributed by atoms with Crippen LogP contribution in [0.5, 0.6) is 5.75 Å². The largest absolute Gasteiger partial charge is 0.477 e. The van der Waals surface area contributed by atoms with Gasteiger partial charge in [-0.15, -0.1) is 0 Å². The molecule has 8 nitrogen and oxygen atoms in total. The maximum atomic E-state index is 11.5. The Hall–Kier alpha value is -3.56. The number of carbonyl (C=O) groups is 1. The lowest BCUT2D eigenvalue weighted by atomic mass is 9.99. The molecular weight excluding hydrogens is 625 g/mol. The van der Waals surface area contributed by atoms with Crippen molar-refractivity contribution in [3.63, 3.8) is 0 Å². The van der Waals surface area contributed by atoms with Gasteiger partial charge in [-0.1, -0.05) is 64.2 Å². The third kappa shape index (κ3) is 6.04. The van der Waals surface area contributed by atoms with Crippen LogP contribution >= 0.6 is 34.8 Å². The summed E-state index contributed by atoms with van der Waals surface area (Å²) in [5.41, 5.74) is 3.72. The predicted molar refractivity (Wildman–Crippen MR) is 171 cm³/mol. The summed E-state index contributed by atoms with van der Waals surface area (Å²) in [7, 11) is 0. The molecule has 4 aromatic rings. The Morgan fingerprint density at radius 1 is 1.05 bits per heavy atom. The Morgan fingerprint density at radius 3 is 2.41 bits per heavy atom. The molecule has 2 fully saturated rings. The number of hydrogen-bond acceptors (Lipinski definition) is 7. The van der Waals surface area contributed by atoms with E-state index in [4.69, 9.17) is 49.5 Å². The van der Waals surface area contributed by atoms with Crippen molar-refractivity contribution in [3.05, 3.63) is 97.7 Å². The Kier molecular flexibility index (Phi) is 8.37. The highest BCUT2D eigenvalue weighted by Gasteiger charge is 2.41. The van der Waals surface area contributed by atoms with Gasteiger partial charge in [-0.05, 0) is 86.4 Å². The van der Waals surface area contributed by atoms with Crippen LogP contribution in [0.4, 0.5) is 5.69 Å². The van der Waals surface area contributed by atoms with Crippen molar-refractivity contribution in [1.82, 2.24) is 5.16 Å². The van der Waals surface area contributed by atoms with Crippen molar-refractivity contribution >= 4 is 52.2 Å². The molecule has 1 heterocycles. The first-order chi connectivity index (χ1) is 21.0. The van der Waals surface area contributed by atoms with Crippen molar-refractivity contribution in [1.29, 1.82) is 5.41 Å². The van der Waals surface area contributed by atoms with E-state index in [9.17, 15) is 15.0 Å². The number of benzene rings is 3. The molecule has 4 N–H and O–H groups in total. The molecule has 11 heteroatoms. The van der Waals surface area contributed by atoms with E-state index in [1.807, 2.05) is 32.0 Å². The molecule has 0 amide bonds. The normalized spacial score (nSPS) is 18.2. The third-order valence-corrected chi connectivity index (χ3v) is 8.92. The summed E-state index contributed by atoms with van der Waals surface area (Å²) in [5, 5.41) is 37.4. The first-order valence-electron chi connectivity index (χ1n) is 14.3. The summed E-state index contributed by atoms with van der Waals surface area (Å²) >= 11 is 19.7. The van der Waals surface area contributed by atoms with Crippen LogP contribution in [0.3, 0.4) is 0 Å². The Balaban J connectivity index is 1.22. The van der Waals surface area contributed by atoms with Gasteiger partial charge in [-0.3, -0.25) is 5.41 Å². The maximum absolute atomic E-state index is 11.5. The van der Waals surface area contributed by atoms with Gasteiger partial charge in [0, 0.05) is 33.8 Å². The van der Waals surface area contributed by atoms with Gasteiger partial charge in [-0.2, -0.15) is 0 Å². The molecule has 3 aromatic carbocycles. The molecular formula is C33H30Cl3N3O5. The zero-order valence-corrected chi connectivity index (χ0v) is 26.2. The molecule has 2 aliphatic carbocycles. The lowest BCUT2D eigenvalue weighted by Gasteiger charge is -2.17. The van der Waals surface area contributed by atoms with Gasteiger partial charge in [0.15, 0.2) is 0 Å². The van der Waals surface area contributed by atoms with Crippen LogP contribution in [0, 0.1) is 5.41 Å². The number of carboxylic acid groups (broad SMARTS) is 1. The van der Waals surface area contributed by atoms with E-state index < -0.39 is 18.0 Å². The lowest BCUT2D eigenvalue weighted by Crippen LogP contribution is -2.18. The molecule has 3 atom stereocenters. The zero-order valence-electron chi connectivity index (χ0n) is 23.9. The SMILES string of the molecule is CC(C)Nc1cc(C2CC2c2ccc(OC(O)c3c(-c4c(Cl)cccc4Cl)noc3C3CC3)cc2Cl)ccc1C(=N)C(=O)O. The van der Waals surface area contributed by atoms with Crippen molar-refractivity contribution in [2.75, 3.05) is 5.32 Å². The van der Waals surface area contributed by atoms with Crippen LogP contribution < -0.4 is 10.1 Å². The Morgan fingerprint density at radius 2 is 1.77 bits per heavy atom. The average molecular weight is 655 g/mol. The minimum Gasteiger partial charge on any atom is -0.477 e. The van der Waals surface area contributed by atoms with E-state index >= 15 is 0 Å². The summed E-state index contributed by atoms with van der Waals surface area (Å²) < 4.78 is 11.6. The number of rotatable bonds is 11. The minimum atomic E-state index is -1.40. The molecule has 0 radical (unpaired) electrons. The number of nitrogens with one attached hydrogen (secondary N) is 2. The average Bonchev–Trinajstić information content (AvgIpc) is 3.90. The van der Waals surface area contributed by atoms with Gasteiger partial charge in [-0.25, -0.2) is 4.79 Å². The number of nitrogens with zero attached hydrogens (tertiary/aromatic N) is 1. The fourth-order valence-corrected chi connectivity index (χ4v) is 6.51. The molecule has 2 saturated carbocycles.